The first-order valence-electron chi connectivity index (χ1n) is 6.95. The predicted octanol–water partition coefficient (Wildman–Crippen LogP) is 2.97. The molecule has 5 nitrogen and oxygen atoms in total. The van der Waals surface area contributed by atoms with Gasteiger partial charge >= 0.3 is 0 Å². The molecule has 1 aromatic carbocycles. The maximum atomic E-state index is 12.3. The van der Waals surface area contributed by atoms with Crippen molar-refractivity contribution in [2.45, 2.75) is 50.6 Å². The average Bonchev–Trinajstić information content (AvgIpc) is 2.41. The number of hydrogen-bond donors (Lipinski definition) is 2. The molecule has 0 unspecified atom stereocenters. The topological polar surface area (TPSA) is 75.3 Å². The molecule has 2 N–H and O–H groups in total. The molecular weight excluding hydrogens is 347 g/mol. The van der Waals surface area contributed by atoms with Crippen LogP contribution >= 0.6 is 23.2 Å². The smallest absolute Gasteiger partial charge is 0.242 e. The molecule has 1 amide bonds. The van der Waals surface area contributed by atoms with Gasteiger partial charge < -0.3 is 5.32 Å². The van der Waals surface area contributed by atoms with Crippen LogP contribution in [0.2, 0.25) is 10.0 Å². The Labute approximate surface area is 141 Å². The fraction of sp³-hybridized carbons (Fsp3) is 0.500. The summed E-state index contributed by atoms with van der Waals surface area (Å²) in [5.41, 5.74) is 0. The molecule has 0 saturated heterocycles. The number of amides is 1. The van der Waals surface area contributed by atoms with E-state index in [9.17, 15) is 13.2 Å². The van der Waals surface area contributed by atoms with Gasteiger partial charge in [0.1, 0.15) is 4.90 Å². The van der Waals surface area contributed by atoms with E-state index in [1.165, 1.54) is 25.1 Å². The molecule has 0 aliphatic rings. The van der Waals surface area contributed by atoms with Gasteiger partial charge in [0.25, 0.3) is 0 Å². The van der Waals surface area contributed by atoms with E-state index in [-0.39, 0.29) is 26.9 Å². The summed E-state index contributed by atoms with van der Waals surface area (Å²) in [6.07, 6.45) is 1.75. The lowest BCUT2D eigenvalue weighted by Crippen LogP contribution is -2.47. The molecule has 0 saturated carbocycles. The summed E-state index contributed by atoms with van der Waals surface area (Å²) in [6, 6.07) is 3.20. The van der Waals surface area contributed by atoms with Crippen LogP contribution in [-0.2, 0) is 14.8 Å². The Morgan fingerprint density at radius 2 is 1.91 bits per heavy atom. The van der Waals surface area contributed by atoms with Gasteiger partial charge in [-0.1, -0.05) is 36.5 Å². The van der Waals surface area contributed by atoms with Crippen LogP contribution in [0, 0.1) is 0 Å². The normalized spacial score (nSPS) is 14.4. The molecule has 8 heteroatoms. The van der Waals surface area contributed by atoms with Crippen LogP contribution in [0.25, 0.3) is 0 Å². The van der Waals surface area contributed by atoms with E-state index in [1.54, 1.807) is 0 Å². The molecule has 2 atom stereocenters. The monoisotopic (exact) mass is 366 g/mol. The Hall–Kier alpha value is -0.820. The van der Waals surface area contributed by atoms with Crippen molar-refractivity contribution in [2.24, 2.45) is 0 Å². The van der Waals surface area contributed by atoms with Gasteiger partial charge in [0.2, 0.25) is 15.9 Å². The zero-order valence-electron chi connectivity index (χ0n) is 12.7. The minimum atomic E-state index is -3.93. The zero-order chi connectivity index (χ0) is 16.9. The highest BCUT2D eigenvalue weighted by atomic mass is 35.5. The average molecular weight is 367 g/mol. The summed E-state index contributed by atoms with van der Waals surface area (Å²) in [5, 5.41) is 3.05. The maximum absolute atomic E-state index is 12.3. The van der Waals surface area contributed by atoms with E-state index in [1.807, 2.05) is 13.8 Å². The van der Waals surface area contributed by atoms with Crippen LogP contribution in [0.4, 0.5) is 0 Å². The first kappa shape index (κ1) is 19.2. The molecule has 0 bridgehead atoms. The van der Waals surface area contributed by atoms with E-state index >= 15 is 0 Å². The van der Waals surface area contributed by atoms with Crippen molar-refractivity contribution in [3.05, 3.63) is 28.2 Å². The van der Waals surface area contributed by atoms with E-state index < -0.39 is 16.1 Å². The molecule has 0 fully saturated rings. The number of nitrogens with one attached hydrogen (secondary N) is 2. The minimum Gasteiger partial charge on any atom is -0.352 e. The molecule has 0 aliphatic heterocycles. The largest absolute Gasteiger partial charge is 0.352 e. The second-order valence-electron chi connectivity index (χ2n) is 5.12. The number of carbonyl (C=O) groups excluding carboxylic acids is 1. The van der Waals surface area contributed by atoms with Crippen molar-refractivity contribution in [3.8, 4) is 0 Å². The van der Waals surface area contributed by atoms with Crippen molar-refractivity contribution in [3.63, 3.8) is 0 Å². The molecule has 0 radical (unpaired) electrons. The third-order valence-corrected chi connectivity index (χ3v) is 5.28. The predicted molar refractivity (Wildman–Crippen MR) is 88.8 cm³/mol. The van der Waals surface area contributed by atoms with Crippen molar-refractivity contribution < 1.29 is 13.2 Å². The highest BCUT2D eigenvalue weighted by Gasteiger charge is 2.24. The van der Waals surface area contributed by atoms with Crippen LogP contribution in [0.15, 0.2) is 23.1 Å². The molecule has 1 aromatic rings. The number of halogens is 2. The number of benzene rings is 1. The van der Waals surface area contributed by atoms with E-state index in [0.717, 1.165) is 12.8 Å². The number of carbonyl (C=O) groups is 1. The summed E-state index contributed by atoms with van der Waals surface area (Å²) in [7, 11) is -3.93. The third kappa shape index (κ3) is 5.43. The van der Waals surface area contributed by atoms with Gasteiger partial charge in [0, 0.05) is 11.1 Å². The number of sulfonamides is 1. The molecule has 22 heavy (non-hydrogen) atoms. The Balaban J connectivity index is 2.83. The SMILES string of the molecule is CCC[C@H](C)NC(=O)[C@H](C)NS(=O)(=O)c1cc(Cl)ccc1Cl. The van der Waals surface area contributed by atoms with Crippen LogP contribution in [-0.4, -0.2) is 26.4 Å². The Bertz CT molecular complexity index is 635. The second kappa shape index (κ2) is 8.15. The Kier molecular flexibility index (Phi) is 7.12. The van der Waals surface area contributed by atoms with Gasteiger partial charge in [0.15, 0.2) is 0 Å². The molecule has 0 spiro atoms. The second-order valence-corrected chi connectivity index (χ2v) is 7.64. The summed E-state index contributed by atoms with van der Waals surface area (Å²) in [5.74, 6) is -0.386. The summed E-state index contributed by atoms with van der Waals surface area (Å²) < 4.78 is 26.9. The summed E-state index contributed by atoms with van der Waals surface area (Å²) in [6.45, 7) is 5.36. The molecule has 1 rings (SSSR count). The first-order valence-corrected chi connectivity index (χ1v) is 9.19. The summed E-state index contributed by atoms with van der Waals surface area (Å²) in [4.78, 5) is 11.8. The first-order chi connectivity index (χ1) is 10.2. The van der Waals surface area contributed by atoms with Crippen molar-refractivity contribution in [1.29, 1.82) is 0 Å². The van der Waals surface area contributed by atoms with Crippen molar-refractivity contribution >= 4 is 39.1 Å². The lowest BCUT2D eigenvalue weighted by atomic mass is 10.2. The van der Waals surface area contributed by atoms with Gasteiger partial charge in [-0.3, -0.25) is 4.79 Å². The van der Waals surface area contributed by atoms with Gasteiger partial charge in [-0.2, -0.15) is 4.72 Å². The summed E-state index contributed by atoms with van der Waals surface area (Å²) >= 11 is 11.7. The lowest BCUT2D eigenvalue weighted by molar-refractivity contribution is -0.123. The van der Waals surface area contributed by atoms with Crippen LogP contribution in [0.5, 0.6) is 0 Å². The standard InChI is InChI=1S/C14H20Cl2N2O3S/c1-4-5-9(2)17-14(19)10(3)18-22(20,21)13-8-11(15)6-7-12(13)16/h6-10,18H,4-5H2,1-3H3,(H,17,19)/t9-,10-/m0/s1. The number of rotatable bonds is 7. The molecule has 0 heterocycles. The van der Waals surface area contributed by atoms with Gasteiger partial charge in [0.05, 0.1) is 11.1 Å². The van der Waals surface area contributed by atoms with Gasteiger partial charge in [-0.25, -0.2) is 8.42 Å². The fourth-order valence-corrected chi connectivity index (χ4v) is 3.87. The molecular formula is C14H20Cl2N2O3S. The van der Waals surface area contributed by atoms with E-state index in [2.05, 4.69) is 10.0 Å². The zero-order valence-corrected chi connectivity index (χ0v) is 15.0. The van der Waals surface area contributed by atoms with Crippen LogP contribution in [0.3, 0.4) is 0 Å². The van der Waals surface area contributed by atoms with Gasteiger partial charge in [-0.15, -0.1) is 0 Å². The number of hydrogen-bond acceptors (Lipinski definition) is 3. The molecule has 124 valence electrons. The van der Waals surface area contributed by atoms with Crippen LogP contribution in [0.1, 0.15) is 33.6 Å². The highest BCUT2D eigenvalue weighted by Crippen LogP contribution is 2.24. The fourth-order valence-electron chi connectivity index (χ4n) is 1.91. The van der Waals surface area contributed by atoms with Crippen molar-refractivity contribution in [1.82, 2.24) is 10.0 Å². The van der Waals surface area contributed by atoms with Crippen LogP contribution < -0.4 is 10.0 Å². The van der Waals surface area contributed by atoms with Crippen molar-refractivity contribution in [2.75, 3.05) is 0 Å². The van der Waals surface area contributed by atoms with E-state index in [4.69, 9.17) is 23.2 Å². The Morgan fingerprint density at radius 3 is 2.50 bits per heavy atom. The van der Waals surface area contributed by atoms with E-state index in [0.29, 0.717) is 0 Å². The molecule has 0 aliphatic carbocycles. The quantitative estimate of drug-likeness (QED) is 0.778. The van der Waals surface area contributed by atoms with Gasteiger partial charge in [-0.05, 0) is 38.5 Å². The molecule has 0 aromatic heterocycles. The highest BCUT2D eigenvalue weighted by molar-refractivity contribution is 7.89. The lowest BCUT2D eigenvalue weighted by Gasteiger charge is -2.18. The third-order valence-electron chi connectivity index (χ3n) is 3.02. The Morgan fingerprint density at radius 1 is 1.27 bits per heavy atom. The minimum absolute atomic E-state index is 0.0146. The maximum Gasteiger partial charge on any atom is 0.242 e.